The number of carbonyl (C=O) groups excluding carboxylic acids is 3. The van der Waals surface area contributed by atoms with Gasteiger partial charge in [0, 0.05) is 68.3 Å². The van der Waals surface area contributed by atoms with Crippen molar-refractivity contribution in [3.8, 4) is 10.6 Å². The van der Waals surface area contributed by atoms with E-state index in [2.05, 4.69) is 9.97 Å². The number of aromatic nitrogens is 2. The van der Waals surface area contributed by atoms with E-state index >= 15 is 0 Å². The molecule has 2 aromatic heterocycles. The first kappa shape index (κ1) is 24.3. The summed E-state index contributed by atoms with van der Waals surface area (Å²) in [7, 11) is 0. The van der Waals surface area contributed by atoms with Crippen molar-refractivity contribution in [3.05, 3.63) is 70.5 Å². The molecule has 0 bridgehead atoms. The first-order valence-corrected chi connectivity index (χ1v) is 13.3. The van der Waals surface area contributed by atoms with E-state index in [4.69, 9.17) is 0 Å². The van der Waals surface area contributed by atoms with Crippen molar-refractivity contribution in [3.63, 3.8) is 0 Å². The van der Waals surface area contributed by atoms with Crippen LogP contribution in [0.4, 0.5) is 0 Å². The van der Waals surface area contributed by atoms with Gasteiger partial charge in [0.15, 0.2) is 0 Å². The van der Waals surface area contributed by atoms with E-state index < -0.39 is 0 Å². The molecule has 4 heterocycles. The number of benzene rings is 1. The number of Topliss-reactive ketones (excluding diaryl/α,β-unsaturated/α-hetero) is 1. The Hall–Kier alpha value is -3.39. The van der Waals surface area contributed by atoms with Crippen LogP contribution in [-0.2, 0) is 9.59 Å². The first-order chi connectivity index (χ1) is 17.4. The van der Waals surface area contributed by atoms with Crippen molar-refractivity contribution in [1.82, 2.24) is 19.8 Å². The molecule has 186 valence electrons. The molecule has 2 amide bonds. The van der Waals surface area contributed by atoms with Crippen LogP contribution in [0, 0.1) is 19.8 Å². The largest absolute Gasteiger partial charge is 0.342 e. The van der Waals surface area contributed by atoms with E-state index in [1.165, 1.54) is 11.3 Å². The second-order valence-electron chi connectivity index (χ2n) is 9.65. The van der Waals surface area contributed by atoms with E-state index in [0.717, 1.165) is 21.8 Å². The van der Waals surface area contributed by atoms with Gasteiger partial charge in [0.05, 0.1) is 5.69 Å². The maximum absolute atomic E-state index is 13.7. The maximum atomic E-state index is 13.7. The molecule has 1 aromatic carbocycles. The summed E-state index contributed by atoms with van der Waals surface area (Å²) in [5.74, 6) is -0.0116. The topological polar surface area (TPSA) is 83.5 Å². The number of hydrogen-bond acceptors (Lipinski definition) is 6. The van der Waals surface area contributed by atoms with Gasteiger partial charge >= 0.3 is 0 Å². The smallest absolute Gasteiger partial charge is 0.265 e. The molecule has 36 heavy (non-hydrogen) atoms. The number of nitrogens with zero attached hydrogens (tertiary/aromatic N) is 4. The third-order valence-corrected chi connectivity index (χ3v) is 8.42. The van der Waals surface area contributed by atoms with Crippen molar-refractivity contribution in [2.24, 2.45) is 5.92 Å². The molecule has 2 atom stereocenters. The van der Waals surface area contributed by atoms with Crippen molar-refractivity contribution < 1.29 is 14.4 Å². The molecule has 0 unspecified atom stereocenters. The fourth-order valence-electron chi connectivity index (χ4n) is 5.14. The highest BCUT2D eigenvalue weighted by molar-refractivity contribution is 7.17. The van der Waals surface area contributed by atoms with Gasteiger partial charge in [-0.25, -0.2) is 4.98 Å². The molecule has 2 aliphatic rings. The maximum Gasteiger partial charge on any atom is 0.265 e. The lowest BCUT2D eigenvalue weighted by Crippen LogP contribution is -2.50. The Morgan fingerprint density at radius 1 is 0.972 bits per heavy atom. The minimum atomic E-state index is -0.207. The molecule has 0 N–H and O–H groups in total. The molecule has 3 aromatic rings. The normalized spacial score (nSPS) is 20.4. The van der Waals surface area contributed by atoms with Gasteiger partial charge in [0.2, 0.25) is 5.91 Å². The number of aryl methyl sites for hydroxylation is 2. The standard InChI is InChI=1S/C28H30N4O3S/c1-18-8-9-21(16-29-18)26-30-19(2)25(36-26)28(35)32-15-12-23(24(17-32)20-6-4-3-5-7-20)27(34)31-13-10-22(33)11-14-31/h3-9,16,23-24H,10-15,17H2,1-2H3/t23-,24+/m1/s1. The fraction of sp³-hybridized carbons (Fsp3) is 0.393. The second kappa shape index (κ2) is 10.3. The summed E-state index contributed by atoms with van der Waals surface area (Å²) < 4.78 is 0. The van der Waals surface area contributed by atoms with Crippen LogP contribution in [0.5, 0.6) is 0 Å². The molecule has 8 heteroatoms. The quantitative estimate of drug-likeness (QED) is 0.532. The van der Waals surface area contributed by atoms with Gasteiger partial charge in [-0.1, -0.05) is 30.3 Å². The number of piperidine rings is 2. The van der Waals surface area contributed by atoms with Gasteiger partial charge in [0.25, 0.3) is 5.91 Å². The highest BCUT2D eigenvalue weighted by Crippen LogP contribution is 2.36. The number of ketones is 1. The molecule has 7 nitrogen and oxygen atoms in total. The summed E-state index contributed by atoms with van der Waals surface area (Å²) in [6.45, 7) is 5.80. The molecule has 0 saturated carbocycles. The minimum absolute atomic E-state index is 0.0354. The highest BCUT2D eigenvalue weighted by atomic mass is 32.1. The van der Waals surface area contributed by atoms with Crippen LogP contribution >= 0.6 is 11.3 Å². The predicted molar refractivity (Wildman–Crippen MR) is 139 cm³/mol. The van der Waals surface area contributed by atoms with Crippen LogP contribution in [0.1, 0.15) is 51.8 Å². The number of pyridine rings is 1. The summed E-state index contributed by atoms with van der Waals surface area (Å²) in [5, 5.41) is 0.785. The number of thiazole rings is 1. The Morgan fingerprint density at radius 2 is 1.72 bits per heavy atom. The van der Waals surface area contributed by atoms with Crippen molar-refractivity contribution in [2.75, 3.05) is 26.2 Å². The molecular weight excluding hydrogens is 472 g/mol. The van der Waals surface area contributed by atoms with Gasteiger partial charge in [-0.3, -0.25) is 19.4 Å². The first-order valence-electron chi connectivity index (χ1n) is 12.5. The lowest BCUT2D eigenvalue weighted by Gasteiger charge is -2.40. The Kier molecular flexibility index (Phi) is 6.96. The lowest BCUT2D eigenvalue weighted by molar-refractivity contribution is -0.140. The van der Waals surface area contributed by atoms with Gasteiger partial charge in [0.1, 0.15) is 15.7 Å². The molecule has 5 rings (SSSR count). The summed E-state index contributed by atoms with van der Waals surface area (Å²) in [6.07, 6.45) is 3.25. The number of amides is 2. The van der Waals surface area contributed by atoms with Crippen LogP contribution in [0.2, 0.25) is 0 Å². The van der Waals surface area contributed by atoms with Crippen molar-refractivity contribution >= 4 is 28.9 Å². The van der Waals surface area contributed by atoms with E-state index in [1.807, 2.05) is 66.1 Å². The zero-order valence-electron chi connectivity index (χ0n) is 20.6. The van der Waals surface area contributed by atoms with Gasteiger partial charge < -0.3 is 9.80 Å². The third kappa shape index (κ3) is 4.95. The predicted octanol–water partition coefficient (Wildman–Crippen LogP) is 4.26. The summed E-state index contributed by atoms with van der Waals surface area (Å²) in [4.78, 5) is 52.2. The zero-order chi connectivity index (χ0) is 25.2. The highest BCUT2D eigenvalue weighted by Gasteiger charge is 2.40. The second-order valence-corrected chi connectivity index (χ2v) is 10.6. The Morgan fingerprint density at radius 3 is 2.42 bits per heavy atom. The van der Waals surface area contributed by atoms with E-state index in [1.54, 1.807) is 6.20 Å². The summed E-state index contributed by atoms with van der Waals surface area (Å²) in [5.41, 5.74) is 3.62. The van der Waals surface area contributed by atoms with Crippen LogP contribution < -0.4 is 0 Å². The van der Waals surface area contributed by atoms with E-state index in [0.29, 0.717) is 56.0 Å². The summed E-state index contributed by atoms with van der Waals surface area (Å²) in [6, 6.07) is 13.9. The fourth-order valence-corrected chi connectivity index (χ4v) is 6.16. The molecule has 0 radical (unpaired) electrons. The lowest BCUT2D eigenvalue weighted by atomic mass is 9.79. The number of carbonyl (C=O) groups is 3. The number of rotatable bonds is 4. The molecule has 0 aliphatic carbocycles. The molecule has 2 saturated heterocycles. The molecule has 2 aliphatic heterocycles. The van der Waals surface area contributed by atoms with E-state index in [-0.39, 0.29) is 29.4 Å². The van der Waals surface area contributed by atoms with E-state index in [9.17, 15) is 14.4 Å². The van der Waals surface area contributed by atoms with Crippen LogP contribution in [0.3, 0.4) is 0 Å². The Labute approximate surface area is 215 Å². The van der Waals surface area contributed by atoms with Gasteiger partial charge in [-0.05, 0) is 38.0 Å². The Bertz CT molecular complexity index is 1260. The summed E-state index contributed by atoms with van der Waals surface area (Å²) >= 11 is 1.40. The monoisotopic (exact) mass is 502 g/mol. The van der Waals surface area contributed by atoms with Crippen LogP contribution in [0.25, 0.3) is 10.6 Å². The minimum Gasteiger partial charge on any atom is -0.342 e. The number of hydrogen-bond donors (Lipinski definition) is 0. The molecule has 0 spiro atoms. The van der Waals surface area contributed by atoms with Crippen LogP contribution in [0.15, 0.2) is 48.7 Å². The third-order valence-electron chi connectivity index (χ3n) is 7.23. The van der Waals surface area contributed by atoms with Gasteiger partial charge in [-0.2, -0.15) is 0 Å². The van der Waals surface area contributed by atoms with Crippen molar-refractivity contribution in [2.45, 2.75) is 39.0 Å². The van der Waals surface area contributed by atoms with Crippen molar-refractivity contribution in [1.29, 1.82) is 0 Å². The Balaban J connectivity index is 1.37. The van der Waals surface area contributed by atoms with Crippen LogP contribution in [-0.4, -0.2) is 63.5 Å². The molecular formula is C28H30N4O3S. The SMILES string of the molecule is Cc1ccc(-c2nc(C)c(C(=O)N3CC[C@@H](C(=O)N4CCC(=O)CC4)[C@H](c4ccccc4)C3)s2)cn1. The average molecular weight is 503 g/mol. The molecule has 2 fully saturated rings. The van der Waals surface area contributed by atoms with Gasteiger partial charge in [-0.15, -0.1) is 11.3 Å². The zero-order valence-corrected chi connectivity index (χ0v) is 21.5. The number of likely N-dealkylation sites (tertiary alicyclic amines) is 2. The average Bonchev–Trinajstić information content (AvgIpc) is 3.30.